The molecule has 26 heavy (non-hydrogen) atoms. The molecule has 2 aromatic rings. The lowest BCUT2D eigenvalue weighted by Gasteiger charge is -2.13. The van der Waals surface area contributed by atoms with E-state index in [-0.39, 0.29) is 11.3 Å². The molecule has 0 atom stereocenters. The number of sulfonamides is 1. The Morgan fingerprint density at radius 2 is 1.58 bits per heavy atom. The summed E-state index contributed by atoms with van der Waals surface area (Å²) < 4.78 is 95.5. The van der Waals surface area contributed by atoms with E-state index in [2.05, 4.69) is 4.72 Å². The number of benzene rings is 2. The summed E-state index contributed by atoms with van der Waals surface area (Å²) in [5.74, 6) is -0.660. The van der Waals surface area contributed by atoms with Gasteiger partial charge in [0.05, 0.1) is 10.5 Å². The van der Waals surface area contributed by atoms with Gasteiger partial charge < -0.3 is 5.73 Å². The summed E-state index contributed by atoms with van der Waals surface area (Å²) in [5, 5.41) is 0. The summed E-state index contributed by atoms with van der Waals surface area (Å²) in [6.45, 7) is 0. The summed E-state index contributed by atoms with van der Waals surface area (Å²) >= 11 is 0. The number of anilines is 2. The Balaban J connectivity index is 2.29. The standard InChI is InChI=1S/C14H13F3N2O5S2/c15-14(16,17)12-7-11(5-6-13(12)18)26(23,24)19-10-3-1-9(2-4-10)8-25(20,21)22/h1-7,19H,8,18H2,(H,20,21,22). The smallest absolute Gasteiger partial charge is 0.398 e. The molecule has 0 aromatic heterocycles. The third kappa shape index (κ3) is 5.09. The molecule has 4 N–H and O–H groups in total. The quantitative estimate of drug-likeness (QED) is 0.513. The zero-order chi connectivity index (χ0) is 19.8. The van der Waals surface area contributed by atoms with E-state index in [1.54, 1.807) is 0 Å². The fourth-order valence-electron chi connectivity index (χ4n) is 2.04. The molecule has 0 spiro atoms. The molecular formula is C14H13F3N2O5S2. The third-order valence-corrected chi connectivity index (χ3v) is 5.27. The topological polar surface area (TPSA) is 127 Å². The van der Waals surface area contributed by atoms with E-state index in [4.69, 9.17) is 10.3 Å². The van der Waals surface area contributed by atoms with Gasteiger partial charge in [0.1, 0.15) is 5.75 Å². The van der Waals surface area contributed by atoms with Crippen LogP contribution in [0.25, 0.3) is 0 Å². The second-order valence-electron chi connectivity index (χ2n) is 5.28. The van der Waals surface area contributed by atoms with Crippen molar-refractivity contribution in [1.29, 1.82) is 0 Å². The number of rotatable bonds is 5. The van der Waals surface area contributed by atoms with Gasteiger partial charge in [-0.25, -0.2) is 8.42 Å². The average Bonchev–Trinajstić information content (AvgIpc) is 2.46. The monoisotopic (exact) mass is 410 g/mol. The molecule has 0 unspecified atom stereocenters. The number of alkyl halides is 3. The first kappa shape index (κ1) is 20.0. The lowest BCUT2D eigenvalue weighted by molar-refractivity contribution is -0.137. The van der Waals surface area contributed by atoms with Crippen LogP contribution in [-0.4, -0.2) is 21.4 Å². The molecule has 12 heteroatoms. The van der Waals surface area contributed by atoms with Gasteiger partial charge in [-0.1, -0.05) is 12.1 Å². The van der Waals surface area contributed by atoms with Crippen LogP contribution in [0.15, 0.2) is 47.4 Å². The van der Waals surface area contributed by atoms with Crippen LogP contribution in [0.1, 0.15) is 11.1 Å². The van der Waals surface area contributed by atoms with Crippen LogP contribution in [0.2, 0.25) is 0 Å². The second kappa shape index (κ2) is 6.78. The number of nitrogens with two attached hydrogens (primary N) is 1. The van der Waals surface area contributed by atoms with Gasteiger partial charge in [0.25, 0.3) is 20.1 Å². The van der Waals surface area contributed by atoms with Gasteiger partial charge in [-0.3, -0.25) is 9.27 Å². The van der Waals surface area contributed by atoms with Gasteiger partial charge in [0.15, 0.2) is 0 Å². The molecule has 0 bridgehead atoms. The Kier molecular flexibility index (Phi) is 5.21. The molecule has 0 aliphatic carbocycles. The minimum atomic E-state index is -4.81. The van der Waals surface area contributed by atoms with Crippen molar-refractivity contribution in [3.05, 3.63) is 53.6 Å². The molecule has 0 fully saturated rings. The predicted molar refractivity (Wildman–Crippen MR) is 88.4 cm³/mol. The highest BCUT2D eigenvalue weighted by Gasteiger charge is 2.34. The van der Waals surface area contributed by atoms with E-state index in [1.165, 1.54) is 24.3 Å². The van der Waals surface area contributed by atoms with Crippen LogP contribution in [0.3, 0.4) is 0 Å². The van der Waals surface area contributed by atoms with Gasteiger partial charge >= 0.3 is 6.18 Å². The number of hydrogen-bond acceptors (Lipinski definition) is 5. The molecule has 0 amide bonds. The molecule has 0 aliphatic heterocycles. The number of nitrogens with one attached hydrogen (secondary N) is 1. The summed E-state index contributed by atoms with van der Waals surface area (Å²) in [7, 11) is -8.58. The molecular weight excluding hydrogens is 397 g/mol. The Morgan fingerprint density at radius 1 is 1.00 bits per heavy atom. The van der Waals surface area contributed by atoms with Crippen LogP contribution < -0.4 is 10.5 Å². The minimum absolute atomic E-state index is 0.00512. The highest BCUT2D eigenvalue weighted by molar-refractivity contribution is 7.92. The van der Waals surface area contributed by atoms with Crippen molar-refractivity contribution >= 4 is 31.5 Å². The molecule has 0 aliphatic rings. The van der Waals surface area contributed by atoms with Crippen LogP contribution in [0, 0.1) is 0 Å². The first-order valence-corrected chi connectivity index (χ1v) is 9.91. The molecule has 2 rings (SSSR count). The second-order valence-corrected chi connectivity index (χ2v) is 8.41. The predicted octanol–water partition coefficient (Wildman–Crippen LogP) is 2.48. The van der Waals surface area contributed by atoms with Gasteiger partial charge in [0.2, 0.25) is 0 Å². The van der Waals surface area contributed by atoms with E-state index >= 15 is 0 Å². The largest absolute Gasteiger partial charge is 0.418 e. The molecule has 0 heterocycles. The zero-order valence-corrected chi connectivity index (χ0v) is 14.5. The number of halogens is 3. The normalized spacial score (nSPS) is 12.8. The van der Waals surface area contributed by atoms with E-state index in [1.807, 2.05) is 0 Å². The van der Waals surface area contributed by atoms with Crippen molar-refractivity contribution in [3.63, 3.8) is 0 Å². The number of hydrogen-bond donors (Lipinski definition) is 3. The Hall–Kier alpha value is -2.31. The first-order chi connectivity index (χ1) is 11.8. The molecule has 0 saturated carbocycles. The molecule has 7 nitrogen and oxygen atoms in total. The van der Waals surface area contributed by atoms with Crippen molar-refractivity contribution in [2.24, 2.45) is 0 Å². The van der Waals surface area contributed by atoms with E-state index in [0.29, 0.717) is 6.07 Å². The Morgan fingerprint density at radius 3 is 2.08 bits per heavy atom. The fraction of sp³-hybridized carbons (Fsp3) is 0.143. The summed E-state index contributed by atoms with van der Waals surface area (Å²) in [5.41, 5.74) is 3.55. The summed E-state index contributed by atoms with van der Waals surface area (Å²) in [4.78, 5) is -0.638. The van der Waals surface area contributed by atoms with Crippen molar-refractivity contribution in [3.8, 4) is 0 Å². The van der Waals surface area contributed by atoms with E-state index < -0.39 is 48.2 Å². The Bertz CT molecular complexity index is 1020. The maximum Gasteiger partial charge on any atom is 0.418 e. The van der Waals surface area contributed by atoms with Crippen LogP contribution in [0.4, 0.5) is 24.5 Å². The fourth-order valence-corrected chi connectivity index (χ4v) is 3.74. The van der Waals surface area contributed by atoms with Crippen LogP contribution in [-0.2, 0) is 32.1 Å². The van der Waals surface area contributed by atoms with Crippen molar-refractivity contribution < 1.29 is 34.6 Å². The highest BCUT2D eigenvalue weighted by Crippen LogP contribution is 2.35. The lowest BCUT2D eigenvalue weighted by atomic mass is 10.2. The highest BCUT2D eigenvalue weighted by atomic mass is 32.2. The van der Waals surface area contributed by atoms with Gasteiger partial charge in [-0.15, -0.1) is 0 Å². The molecule has 0 saturated heterocycles. The van der Waals surface area contributed by atoms with Gasteiger partial charge in [0, 0.05) is 11.4 Å². The van der Waals surface area contributed by atoms with Gasteiger partial charge in [-0.2, -0.15) is 21.6 Å². The van der Waals surface area contributed by atoms with E-state index in [9.17, 15) is 30.0 Å². The first-order valence-electron chi connectivity index (χ1n) is 6.81. The summed E-state index contributed by atoms with van der Waals surface area (Å²) in [6, 6.07) is 7.10. The maximum atomic E-state index is 12.9. The molecule has 2 aromatic carbocycles. The Labute approximate surface area is 147 Å². The number of nitrogen functional groups attached to an aromatic ring is 1. The minimum Gasteiger partial charge on any atom is -0.398 e. The summed E-state index contributed by atoms with van der Waals surface area (Å²) in [6.07, 6.45) is -4.81. The van der Waals surface area contributed by atoms with Crippen molar-refractivity contribution in [2.75, 3.05) is 10.5 Å². The van der Waals surface area contributed by atoms with Crippen LogP contribution in [0.5, 0.6) is 0 Å². The third-order valence-electron chi connectivity index (χ3n) is 3.20. The van der Waals surface area contributed by atoms with Gasteiger partial charge in [-0.05, 0) is 35.9 Å². The average molecular weight is 410 g/mol. The maximum absolute atomic E-state index is 12.9. The van der Waals surface area contributed by atoms with Crippen molar-refractivity contribution in [1.82, 2.24) is 0 Å². The molecule has 0 radical (unpaired) electrons. The molecule has 142 valence electrons. The zero-order valence-electron chi connectivity index (χ0n) is 12.9. The van der Waals surface area contributed by atoms with Crippen LogP contribution >= 0.6 is 0 Å². The SMILES string of the molecule is Nc1ccc(S(=O)(=O)Nc2ccc(CS(=O)(=O)O)cc2)cc1C(F)(F)F. The van der Waals surface area contributed by atoms with Crippen molar-refractivity contribution in [2.45, 2.75) is 16.8 Å². The van der Waals surface area contributed by atoms with E-state index in [0.717, 1.165) is 12.1 Å². The lowest BCUT2D eigenvalue weighted by Crippen LogP contribution is -2.16.